The van der Waals surface area contributed by atoms with Crippen LogP contribution in [0.5, 0.6) is 0 Å². The standard InChI is InChI=1S/C31H35N7OS/c1-5-8-28-33-29-20(4)16-23(32-31(39)27(40)15-19(2)3)17-26(29)38(28)18-21-11-13-22(14-12-21)24-9-6-7-10-25(24)30-34-36-37-35-30/h6-7,9-14,16-17,19,27,40H,5,8,15,18H2,1-4H3,(H,32,39)(H,34,35,36,37)/t27-/m1/s1. The fraction of sp³-hybridized carbons (Fsp3) is 0.323. The maximum atomic E-state index is 12.8. The molecule has 1 amide bonds. The molecule has 0 aliphatic carbocycles. The number of anilines is 1. The average Bonchev–Trinajstić information content (AvgIpc) is 3.59. The molecule has 0 fully saturated rings. The van der Waals surface area contributed by atoms with Gasteiger partial charge in [-0.2, -0.15) is 17.8 Å². The van der Waals surface area contributed by atoms with Gasteiger partial charge in [-0.1, -0.05) is 69.3 Å². The van der Waals surface area contributed by atoms with E-state index in [0.717, 1.165) is 69.6 Å². The molecule has 3 aromatic carbocycles. The van der Waals surface area contributed by atoms with Crippen molar-refractivity contribution in [1.82, 2.24) is 30.2 Å². The molecule has 2 aromatic heterocycles. The summed E-state index contributed by atoms with van der Waals surface area (Å²) in [6.45, 7) is 9.09. The summed E-state index contributed by atoms with van der Waals surface area (Å²) in [5.74, 6) is 1.93. The molecular weight excluding hydrogens is 518 g/mol. The van der Waals surface area contributed by atoms with Crippen LogP contribution in [0.3, 0.4) is 0 Å². The van der Waals surface area contributed by atoms with Gasteiger partial charge in [0.25, 0.3) is 0 Å². The number of aromatic amines is 1. The van der Waals surface area contributed by atoms with E-state index in [1.54, 1.807) is 0 Å². The number of hydrogen-bond acceptors (Lipinski definition) is 6. The lowest BCUT2D eigenvalue weighted by molar-refractivity contribution is -0.115. The van der Waals surface area contributed by atoms with Crippen LogP contribution in [0.15, 0.2) is 60.7 Å². The van der Waals surface area contributed by atoms with E-state index >= 15 is 0 Å². The smallest absolute Gasteiger partial charge is 0.237 e. The molecule has 206 valence electrons. The molecule has 1 atom stereocenters. The molecule has 5 rings (SSSR count). The van der Waals surface area contributed by atoms with E-state index in [4.69, 9.17) is 4.98 Å². The molecule has 0 aliphatic rings. The first kappa shape index (κ1) is 27.6. The first-order valence-electron chi connectivity index (χ1n) is 13.7. The van der Waals surface area contributed by atoms with Crippen LogP contribution in [0.1, 0.15) is 50.6 Å². The van der Waals surface area contributed by atoms with Crippen molar-refractivity contribution < 1.29 is 4.79 Å². The van der Waals surface area contributed by atoms with Crippen LogP contribution in [-0.4, -0.2) is 41.3 Å². The number of rotatable bonds is 10. The Morgan fingerprint density at radius 3 is 2.50 bits per heavy atom. The Labute approximate surface area is 240 Å². The van der Waals surface area contributed by atoms with Crippen LogP contribution < -0.4 is 5.32 Å². The van der Waals surface area contributed by atoms with Gasteiger partial charge in [-0.05, 0) is 65.3 Å². The highest BCUT2D eigenvalue weighted by Gasteiger charge is 2.18. The molecule has 0 saturated carbocycles. The Morgan fingerprint density at radius 1 is 1.07 bits per heavy atom. The number of carbonyl (C=O) groups excluding carboxylic acids is 1. The van der Waals surface area contributed by atoms with Crippen molar-refractivity contribution in [2.24, 2.45) is 5.92 Å². The molecule has 2 heterocycles. The second-order valence-electron chi connectivity index (χ2n) is 10.6. The third-order valence-electron chi connectivity index (χ3n) is 6.98. The minimum absolute atomic E-state index is 0.0766. The largest absolute Gasteiger partial charge is 0.325 e. The van der Waals surface area contributed by atoms with Crippen LogP contribution >= 0.6 is 12.6 Å². The number of H-pyrrole nitrogens is 1. The highest BCUT2D eigenvalue weighted by Crippen LogP contribution is 2.31. The molecule has 0 spiro atoms. The van der Waals surface area contributed by atoms with E-state index in [1.807, 2.05) is 37.3 Å². The predicted octanol–water partition coefficient (Wildman–Crippen LogP) is 6.48. The number of benzene rings is 3. The van der Waals surface area contributed by atoms with Gasteiger partial charge in [0.1, 0.15) is 5.82 Å². The second-order valence-corrected chi connectivity index (χ2v) is 11.3. The van der Waals surface area contributed by atoms with Crippen molar-refractivity contribution in [2.75, 3.05) is 5.32 Å². The number of fused-ring (bicyclic) bond motifs is 1. The Balaban J connectivity index is 1.45. The topological polar surface area (TPSA) is 101 Å². The van der Waals surface area contributed by atoms with Crippen molar-refractivity contribution in [1.29, 1.82) is 0 Å². The SMILES string of the molecule is CCCc1nc2c(C)cc(NC(=O)[C@H](S)CC(C)C)cc2n1Cc1ccc(-c2ccccc2-c2nn[nH]n2)cc1. The van der Waals surface area contributed by atoms with Gasteiger partial charge in [0.2, 0.25) is 11.7 Å². The number of amides is 1. The quantitative estimate of drug-likeness (QED) is 0.172. The molecule has 0 radical (unpaired) electrons. The number of aryl methyl sites for hydroxylation is 2. The number of thiol groups is 1. The second kappa shape index (κ2) is 12.0. The summed E-state index contributed by atoms with van der Waals surface area (Å²) >= 11 is 4.53. The van der Waals surface area contributed by atoms with Gasteiger partial charge in [0, 0.05) is 24.2 Å². The van der Waals surface area contributed by atoms with E-state index < -0.39 is 0 Å². The normalized spacial score (nSPS) is 12.2. The predicted molar refractivity (Wildman–Crippen MR) is 163 cm³/mol. The van der Waals surface area contributed by atoms with Gasteiger partial charge in [-0.3, -0.25) is 4.79 Å². The Kier molecular flexibility index (Phi) is 8.30. The van der Waals surface area contributed by atoms with Crippen LogP contribution in [0.4, 0.5) is 5.69 Å². The van der Waals surface area contributed by atoms with Gasteiger partial charge in [0.15, 0.2) is 0 Å². The summed E-state index contributed by atoms with van der Waals surface area (Å²) in [5, 5.41) is 17.3. The van der Waals surface area contributed by atoms with Crippen molar-refractivity contribution >= 4 is 35.3 Å². The van der Waals surface area contributed by atoms with Crippen LogP contribution in [0, 0.1) is 12.8 Å². The summed E-state index contributed by atoms with van der Waals surface area (Å²) < 4.78 is 2.27. The molecule has 0 saturated heterocycles. The number of nitrogens with one attached hydrogen (secondary N) is 2. The van der Waals surface area contributed by atoms with Crippen molar-refractivity contribution in [3.05, 3.63) is 77.6 Å². The third-order valence-corrected chi connectivity index (χ3v) is 7.43. The zero-order valence-corrected chi connectivity index (χ0v) is 24.2. The Morgan fingerprint density at radius 2 is 1.82 bits per heavy atom. The van der Waals surface area contributed by atoms with Crippen molar-refractivity contribution in [3.8, 4) is 22.5 Å². The van der Waals surface area contributed by atoms with Gasteiger partial charge in [-0.25, -0.2) is 4.98 Å². The Hall–Kier alpha value is -3.98. The van der Waals surface area contributed by atoms with Crippen LogP contribution in [0.2, 0.25) is 0 Å². The lowest BCUT2D eigenvalue weighted by Crippen LogP contribution is -2.24. The molecule has 0 bridgehead atoms. The van der Waals surface area contributed by atoms with E-state index in [-0.39, 0.29) is 11.2 Å². The molecule has 8 nitrogen and oxygen atoms in total. The van der Waals surface area contributed by atoms with Crippen LogP contribution in [0.25, 0.3) is 33.5 Å². The minimum Gasteiger partial charge on any atom is -0.325 e. The molecule has 40 heavy (non-hydrogen) atoms. The van der Waals surface area contributed by atoms with Gasteiger partial charge in [-0.15, -0.1) is 10.2 Å². The monoisotopic (exact) mass is 553 g/mol. The van der Waals surface area contributed by atoms with Gasteiger partial charge >= 0.3 is 0 Å². The summed E-state index contributed by atoms with van der Waals surface area (Å²) in [5.41, 5.74) is 8.02. The number of nitrogens with zero attached hydrogens (tertiary/aromatic N) is 5. The van der Waals surface area contributed by atoms with E-state index in [2.05, 4.69) is 94.2 Å². The minimum atomic E-state index is -0.347. The Bertz CT molecular complexity index is 1610. The molecular formula is C31H35N7OS. The fourth-order valence-electron chi connectivity index (χ4n) is 5.06. The number of imidazole rings is 1. The first-order chi connectivity index (χ1) is 19.3. The fourth-order valence-corrected chi connectivity index (χ4v) is 5.55. The maximum absolute atomic E-state index is 12.8. The number of aromatic nitrogens is 6. The lowest BCUT2D eigenvalue weighted by Gasteiger charge is -2.15. The molecule has 5 aromatic rings. The molecule has 0 aliphatic heterocycles. The van der Waals surface area contributed by atoms with E-state index in [9.17, 15) is 4.79 Å². The maximum Gasteiger partial charge on any atom is 0.237 e. The molecule has 9 heteroatoms. The highest BCUT2D eigenvalue weighted by molar-refractivity contribution is 7.81. The summed E-state index contributed by atoms with van der Waals surface area (Å²) in [6.07, 6.45) is 2.59. The number of hydrogen-bond donors (Lipinski definition) is 3. The molecule has 0 unspecified atom stereocenters. The zero-order valence-electron chi connectivity index (χ0n) is 23.3. The zero-order chi connectivity index (χ0) is 28.2. The lowest BCUT2D eigenvalue weighted by atomic mass is 9.98. The average molecular weight is 554 g/mol. The van der Waals surface area contributed by atoms with Crippen molar-refractivity contribution in [3.63, 3.8) is 0 Å². The highest BCUT2D eigenvalue weighted by atomic mass is 32.1. The summed E-state index contributed by atoms with van der Waals surface area (Å²) in [4.78, 5) is 17.8. The number of carbonyl (C=O) groups is 1. The number of tetrazole rings is 1. The van der Waals surface area contributed by atoms with Gasteiger partial charge < -0.3 is 9.88 Å². The third kappa shape index (κ3) is 5.94. The van der Waals surface area contributed by atoms with E-state index in [1.165, 1.54) is 0 Å². The molecule has 2 N–H and O–H groups in total. The van der Waals surface area contributed by atoms with Gasteiger partial charge in [0.05, 0.1) is 16.3 Å². The summed E-state index contributed by atoms with van der Waals surface area (Å²) in [6, 6.07) is 20.7. The summed E-state index contributed by atoms with van der Waals surface area (Å²) in [7, 11) is 0. The van der Waals surface area contributed by atoms with Crippen LogP contribution in [-0.2, 0) is 17.8 Å². The van der Waals surface area contributed by atoms with E-state index in [0.29, 0.717) is 18.3 Å². The van der Waals surface area contributed by atoms with Crippen molar-refractivity contribution in [2.45, 2.75) is 58.8 Å². The first-order valence-corrected chi connectivity index (χ1v) is 14.3.